The Hall–Kier alpha value is -0.520. The molecule has 95 valence electrons. The van der Waals surface area contributed by atoms with Crippen LogP contribution in [0.1, 0.15) is 60.8 Å². The van der Waals surface area contributed by atoms with E-state index >= 15 is 0 Å². The Morgan fingerprint density at radius 3 is 2.29 bits per heavy atom. The average molecular weight is 231 g/mol. The molecule has 2 rings (SSSR count). The van der Waals surface area contributed by atoms with Crippen molar-refractivity contribution in [2.75, 3.05) is 0 Å². The smallest absolute Gasteiger partial charge is 0.0103 e. The van der Waals surface area contributed by atoms with Gasteiger partial charge in [-0.15, -0.1) is 0 Å². The Morgan fingerprint density at radius 1 is 1.12 bits per heavy atom. The van der Waals surface area contributed by atoms with Crippen LogP contribution < -0.4 is 0 Å². The van der Waals surface area contributed by atoms with Gasteiger partial charge in [-0.2, -0.15) is 0 Å². The van der Waals surface area contributed by atoms with Gasteiger partial charge in [-0.1, -0.05) is 57.4 Å². The molecular formula is C17H27. The van der Waals surface area contributed by atoms with Crippen molar-refractivity contribution in [2.45, 2.75) is 60.8 Å². The zero-order valence-electron chi connectivity index (χ0n) is 12.4. The fraction of sp³-hybridized carbons (Fsp3) is 0.706. The van der Waals surface area contributed by atoms with E-state index in [0.29, 0.717) is 10.8 Å². The molecule has 0 fully saturated rings. The first-order valence-corrected chi connectivity index (χ1v) is 6.64. The van der Waals surface area contributed by atoms with Crippen molar-refractivity contribution >= 4 is 0 Å². The molecule has 0 nitrogen and oxygen atoms in total. The molecule has 0 aromatic heterocycles. The van der Waals surface area contributed by atoms with Gasteiger partial charge in [-0.05, 0) is 50.4 Å². The van der Waals surface area contributed by atoms with Crippen molar-refractivity contribution in [1.82, 2.24) is 0 Å². The van der Waals surface area contributed by atoms with Crippen molar-refractivity contribution in [3.63, 3.8) is 0 Å². The van der Waals surface area contributed by atoms with Gasteiger partial charge in [0.15, 0.2) is 0 Å². The third kappa shape index (κ3) is 2.23. The molecule has 3 radical (unpaired) electrons. The van der Waals surface area contributed by atoms with Crippen LogP contribution in [-0.2, 0) is 0 Å². The lowest BCUT2D eigenvalue weighted by Gasteiger charge is -2.49. The van der Waals surface area contributed by atoms with Crippen LogP contribution in [0.5, 0.6) is 0 Å². The first kappa shape index (κ1) is 14.5. The molecule has 1 atom stereocenters. The predicted molar refractivity (Wildman–Crippen MR) is 75.7 cm³/mol. The zero-order valence-corrected chi connectivity index (χ0v) is 12.4. The van der Waals surface area contributed by atoms with Crippen LogP contribution >= 0.6 is 0 Å². The molecule has 0 amide bonds. The molecule has 0 bridgehead atoms. The fourth-order valence-electron chi connectivity index (χ4n) is 3.60. The molecule has 0 saturated carbocycles. The van der Waals surface area contributed by atoms with Gasteiger partial charge >= 0.3 is 0 Å². The molecule has 0 heteroatoms. The summed E-state index contributed by atoms with van der Waals surface area (Å²) in [5.74, 6) is 0.798. The van der Waals surface area contributed by atoms with Gasteiger partial charge in [0.2, 0.25) is 0 Å². The van der Waals surface area contributed by atoms with E-state index in [-0.39, 0.29) is 7.43 Å². The second-order valence-corrected chi connectivity index (χ2v) is 7.10. The minimum atomic E-state index is 0. The van der Waals surface area contributed by atoms with E-state index < -0.39 is 0 Å². The summed E-state index contributed by atoms with van der Waals surface area (Å²) in [4.78, 5) is 0. The van der Waals surface area contributed by atoms with Crippen LogP contribution in [0.3, 0.4) is 0 Å². The summed E-state index contributed by atoms with van der Waals surface area (Å²) in [6, 6.07) is 0. The lowest BCUT2D eigenvalue weighted by Crippen LogP contribution is -2.38. The summed E-state index contributed by atoms with van der Waals surface area (Å²) in [7, 11) is 0. The van der Waals surface area contributed by atoms with Gasteiger partial charge in [0, 0.05) is 0 Å². The molecule has 17 heavy (non-hydrogen) atoms. The Labute approximate surface area is 108 Å². The average Bonchev–Trinajstić information content (AvgIpc) is 2.14. The van der Waals surface area contributed by atoms with E-state index in [4.69, 9.17) is 0 Å². The summed E-state index contributed by atoms with van der Waals surface area (Å²) in [5.41, 5.74) is 5.87. The van der Waals surface area contributed by atoms with Crippen LogP contribution in [-0.4, -0.2) is 0 Å². The topological polar surface area (TPSA) is 0 Å². The van der Waals surface area contributed by atoms with Crippen molar-refractivity contribution in [1.29, 1.82) is 0 Å². The molecule has 0 spiro atoms. The SMILES string of the molecule is CC1=CCC2=C(C1)C(C)(C)C(C)CC2(C)C.[CH]. The number of rotatable bonds is 0. The first-order chi connectivity index (χ1) is 7.25. The van der Waals surface area contributed by atoms with Crippen molar-refractivity contribution in [2.24, 2.45) is 16.7 Å². The van der Waals surface area contributed by atoms with Crippen LogP contribution in [0.25, 0.3) is 0 Å². The fourth-order valence-corrected chi connectivity index (χ4v) is 3.60. The summed E-state index contributed by atoms with van der Waals surface area (Å²) >= 11 is 0. The quantitative estimate of drug-likeness (QED) is 0.495. The van der Waals surface area contributed by atoms with E-state index in [9.17, 15) is 0 Å². The maximum atomic E-state index is 2.45. The van der Waals surface area contributed by atoms with E-state index in [1.807, 2.05) is 0 Å². The standard InChI is InChI=1S/C16H26.CH/c1-11-7-8-13-14(9-11)16(5,6)12(2)10-15(13,3)4;/h7,12H,8-10H2,1-6H3;1H. The van der Waals surface area contributed by atoms with Crippen molar-refractivity contribution < 1.29 is 0 Å². The largest absolute Gasteiger partial charge is 0.0812 e. The number of allylic oxidation sites excluding steroid dienone is 4. The molecule has 0 aromatic rings. The van der Waals surface area contributed by atoms with Gasteiger partial charge in [0.05, 0.1) is 0 Å². The van der Waals surface area contributed by atoms with E-state index in [2.05, 4.69) is 47.6 Å². The lowest BCUT2D eigenvalue weighted by molar-refractivity contribution is 0.166. The molecule has 0 aliphatic heterocycles. The normalized spacial score (nSPS) is 30.2. The van der Waals surface area contributed by atoms with Crippen LogP contribution in [0.2, 0.25) is 0 Å². The van der Waals surface area contributed by atoms with Gasteiger partial charge in [-0.25, -0.2) is 0 Å². The Balaban J connectivity index is 0.00000144. The molecule has 1 unspecified atom stereocenters. The predicted octanol–water partition coefficient (Wildman–Crippen LogP) is 5.32. The van der Waals surface area contributed by atoms with Crippen LogP contribution in [0.15, 0.2) is 22.8 Å². The Bertz CT molecular complexity index is 363. The summed E-state index contributed by atoms with van der Waals surface area (Å²) in [5, 5.41) is 0. The maximum Gasteiger partial charge on any atom is -0.0103 e. The van der Waals surface area contributed by atoms with Gasteiger partial charge in [0.1, 0.15) is 0 Å². The third-order valence-corrected chi connectivity index (χ3v) is 5.12. The first-order valence-electron chi connectivity index (χ1n) is 6.64. The maximum absolute atomic E-state index is 2.45. The molecular weight excluding hydrogens is 204 g/mol. The number of hydrogen-bond donors (Lipinski definition) is 0. The molecule has 0 heterocycles. The monoisotopic (exact) mass is 231 g/mol. The minimum Gasteiger partial charge on any atom is -0.0812 e. The van der Waals surface area contributed by atoms with Crippen molar-refractivity contribution in [3.8, 4) is 0 Å². The summed E-state index contributed by atoms with van der Waals surface area (Å²) in [6.07, 6.45) is 6.19. The molecule has 0 N–H and O–H groups in total. The Kier molecular flexibility index (Phi) is 3.68. The molecule has 0 aromatic carbocycles. The zero-order chi connectivity index (χ0) is 12.1. The Morgan fingerprint density at radius 2 is 1.71 bits per heavy atom. The molecule has 2 aliphatic rings. The van der Waals surface area contributed by atoms with E-state index in [1.165, 1.54) is 19.3 Å². The highest BCUT2D eigenvalue weighted by molar-refractivity contribution is 5.38. The summed E-state index contributed by atoms with van der Waals surface area (Å²) in [6.45, 7) is 14.5. The van der Waals surface area contributed by atoms with Crippen LogP contribution in [0.4, 0.5) is 0 Å². The second-order valence-electron chi connectivity index (χ2n) is 7.10. The van der Waals surface area contributed by atoms with Gasteiger partial charge in [0.25, 0.3) is 0 Å². The van der Waals surface area contributed by atoms with E-state index in [0.717, 1.165) is 5.92 Å². The minimum absolute atomic E-state index is 0. The van der Waals surface area contributed by atoms with E-state index in [1.54, 1.807) is 16.7 Å². The lowest BCUT2D eigenvalue weighted by atomic mass is 9.55. The second kappa shape index (κ2) is 4.30. The highest BCUT2D eigenvalue weighted by Gasteiger charge is 2.43. The number of hydrogen-bond acceptors (Lipinski definition) is 0. The van der Waals surface area contributed by atoms with Crippen molar-refractivity contribution in [3.05, 3.63) is 30.2 Å². The highest BCUT2D eigenvalue weighted by Crippen LogP contribution is 2.55. The molecule has 2 aliphatic carbocycles. The molecule has 0 saturated heterocycles. The van der Waals surface area contributed by atoms with Crippen LogP contribution in [0, 0.1) is 24.2 Å². The van der Waals surface area contributed by atoms with Gasteiger partial charge < -0.3 is 0 Å². The highest BCUT2D eigenvalue weighted by atomic mass is 14.5. The summed E-state index contributed by atoms with van der Waals surface area (Å²) < 4.78 is 0. The van der Waals surface area contributed by atoms with Gasteiger partial charge in [-0.3, -0.25) is 0 Å². The third-order valence-electron chi connectivity index (χ3n) is 5.12.